The number of hydrogen-bond donors (Lipinski definition) is 1. The third kappa shape index (κ3) is 3.55. The molecule has 0 bridgehead atoms. The Morgan fingerprint density at radius 3 is 3.10 bits per heavy atom. The van der Waals surface area contributed by atoms with Crippen LogP contribution in [0.2, 0.25) is 0 Å². The fraction of sp³-hybridized carbons (Fsp3) is 0.667. The van der Waals surface area contributed by atoms with Crippen molar-refractivity contribution in [3.63, 3.8) is 0 Å². The van der Waals surface area contributed by atoms with Crippen molar-refractivity contribution in [1.29, 1.82) is 0 Å². The lowest BCUT2D eigenvalue weighted by Gasteiger charge is -2.15. The lowest BCUT2D eigenvalue weighted by molar-refractivity contribution is -0.0383. The van der Waals surface area contributed by atoms with E-state index in [0.29, 0.717) is 18.9 Å². The summed E-state index contributed by atoms with van der Waals surface area (Å²) < 4.78 is 17.1. The van der Waals surface area contributed by atoms with Gasteiger partial charge in [-0.25, -0.2) is 4.79 Å². The normalized spacial score (nSPS) is 25.9. The molecule has 0 radical (unpaired) electrons. The Balaban J connectivity index is 2.08. The Morgan fingerprint density at radius 2 is 2.45 bits per heavy atom. The molecular weight excluding hydrogens is 283 g/mol. The second-order valence-corrected chi connectivity index (χ2v) is 4.90. The number of ether oxygens (including phenoxy) is 2. The van der Waals surface area contributed by atoms with E-state index in [9.17, 15) is 9.90 Å². The van der Waals surface area contributed by atoms with E-state index in [0.717, 1.165) is 6.42 Å². The Kier molecular flexibility index (Phi) is 5.48. The van der Waals surface area contributed by atoms with Crippen LogP contribution in [0, 0.1) is 0 Å². The number of aliphatic hydroxyl groups is 1. The monoisotopic (exact) mass is 302 g/mol. The van der Waals surface area contributed by atoms with Crippen molar-refractivity contribution in [3.05, 3.63) is 22.7 Å². The molecule has 1 N–H and O–H groups in total. The van der Waals surface area contributed by atoms with Crippen molar-refractivity contribution in [2.24, 2.45) is 0 Å². The molecule has 1 saturated heterocycles. The lowest BCUT2D eigenvalue weighted by Crippen LogP contribution is -2.27. The minimum Gasteiger partial charge on any atom is -0.478 e. The van der Waals surface area contributed by atoms with E-state index < -0.39 is 24.1 Å². The van der Waals surface area contributed by atoms with Gasteiger partial charge in [0, 0.05) is 28.2 Å². The first-order chi connectivity index (χ1) is 9.65. The fourth-order valence-electron chi connectivity index (χ4n) is 2.03. The summed E-state index contributed by atoms with van der Waals surface area (Å²) >= 11 is 0. The molecule has 2 rings (SSSR count). The van der Waals surface area contributed by atoms with Crippen LogP contribution in [0.3, 0.4) is 0 Å². The molecule has 1 aliphatic rings. The molecule has 2 heterocycles. The first-order valence-corrected chi connectivity index (χ1v) is 7.00. The summed E-state index contributed by atoms with van der Waals surface area (Å²) in [6, 6.07) is 1.62. The molecule has 8 heteroatoms. The maximum atomic E-state index is 11.9. The molecule has 20 heavy (non-hydrogen) atoms. The molecule has 4 atom stereocenters. The van der Waals surface area contributed by atoms with Crippen LogP contribution in [-0.4, -0.2) is 40.1 Å². The van der Waals surface area contributed by atoms with Gasteiger partial charge < -0.3 is 19.1 Å². The second kappa shape index (κ2) is 7.13. The van der Waals surface area contributed by atoms with Crippen LogP contribution in [0.15, 0.2) is 17.1 Å². The highest BCUT2D eigenvalue weighted by Gasteiger charge is 2.35. The SMILES string of the molecule is CCCOc1ccn([C@H]2C[C@@H](O)[C@@H](COP)O2)c(=O)n1. The highest BCUT2D eigenvalue weighted by Crippen LogP contribution is 2.28. The molecule has 0 aliphatic carbocycles. The van der Waals surface area contributed by atoms with Crippen molar-refractivity contribution >= 4 is 9.47 Å². The van der Waals surface area contributed by atoms with E-state index in [1.807, 2.05) is 6.92 Å². The van der Waals surface area contributed by atoms with E-state index in [2.05, 4.69) is 14.5 Å². The summed E-state index contributed by atoms with van der Waals surface area (Å²) in [6.07, 6.45) is 1.11. The molecule has 1 aliphatic heterocycles. The summed E-state index contributed by atoms with van der Waals surface area (Å²) in [4.78, 5) is 15.8. The van der Waals surface area contributed by atoms with Crippen LogP contribution in [-0.2, 0) is 9.26 Å². The van der Waals surface area contributed by atoms with E-state index in [1.165, 1.54) is 4.57 Å². The van der Waals surface area contributed by atoms with E-state index in [-0.39, 0.29) is 6.61 Å². The Labute approximate surface area is 119 Å². The topological polar surface area (TPSA) is 82.8 Å². The number of aromatic nitrogens is 2. The maximum Gasteiger partial charge on any atom is 0.352 e. The number of aliphatic hydroxyl groups excluding tert-OH is 1. The van der Waals surface area contributed by atoms with Gasteiger partial charge >= 0.3 is 5.69 Å². The largest absolute Gasteiger partial charge is 0.478 e. The van der Waals surface area contributed by atoms with Crippen molar-refractivity contribution in [2.45, 2.75) is 38.2 Å². The molecule has 0 amide bonds. The quantitative estimate of drug-likeness (QED) is 0.770. The fourth-order valence-corrected chi connectivity index (χ4v) is 2.22. The van der Waals surface area contributed by atoms with Gasteiger partial charge in [-0.15, -0.1) is 0 Å². The Hall–Kier alpha value is -1.01. The van der Waals surface area contributed by atoms with Crippen LogP contribution < -0.4 is 10.4 Å². The van der Waals surface area contributed by atoms with E-state index in [4.69, 9.17) is 14.0 Å². The van der Waals surface area contributed by atoms with Gasteiger partial charge in [-0.1, -0.05) is 6.92 Å². The smallest absolute Gasteiger partial charge is 0.352 e. The van der Waals surface area contributed by atoms with Crippen molar-refractivity contribution in [2.75, 3.05) is 13.2 Å². The first-order valence-electron chi connectivity index (χ1n) is 6.53. The highest BCUT2D eigenvalue weighted by molar-refractivity contribution is 7.09. The molecule has 1 aromatic rings. The number of hydrogen-bond acceptors (Lipinski definition) is 6. The molecule has 0 aromatic carbocycles. The first kappa shape index (κ1) is 15.4. The van der Waals surface area contributed by atoms with Crippen LogP contribution in [0.25, 0.3) is 0 Å². The molecule has 0 spiro atoms. The van der Waals surface area contributed by atoms with Crippen LogP contribution in [0.5, 0.6) is 5.88 Å². The van der Waals surface area contributed by atoms with Gasteiger partial charge in [0.1, 0.15) is 12.3 Å². The summed E-state index contributed by atoms with van der Waals surface area (Å²) in [5.41, 5.74) is -0.455. The van der Waals surface area contributed by atoms with Crippen molar-refractivity contribution in [1.82, 2.24) is 9.55 Å². The van der Waals surface area contributed by atoms with Crippen LogP contribution >= 0.6 is 9.47 Å². The molecule has 1 aromatic heterocycles. The summed E-state index contributed by atoms with van der Waals surface area (Å²) in [7, 11) is 2.11. The average Bonchev–Trinajstić information content (AvgIpc) is 2.78. The summed E-state index contributed by atoms with van der Waals surface area (Å²) in [5, 5.41) is 9.84. The summed E-state index contributed by atoms with van der Waals surface area (Å²) in [5.74, 6) is 0.302. The van der Waals surface area contributed by atoms with Gasteiger partial charge in [0.2, 0.25) is 5.88 Å². The third-order valence-corrected chi connectivity index (χ3v) is 3.23. The second-order valence-electron chi connectivity index (χ2n) is 4.57. The average molecular weight is 302 g/mol. The van der Waals surface area contributed by atoms with Crippen molar-refractivity contribution < 1.29 is 19.1 Å². The number of rotatable bonds is 6. The van der Waals surface area contributed by atoms with Crippen LogP contribution in [0.4, 0.5) is 0 Å². The van der Waals surface area contributed by atoms with Gasteiger partial charge in [0.15, 0.2) is 0 Å². The van der Waals surface area contributed by atoms with Gasteiger partial charge in [0.25, 0.3) is 0 Å². The van der Waals surface area contributed by atoms with Crippen LogP contribution in [0.1, 0.15) is 26.0 Å². The highest BCUT2D eigenvalue weighted by atomic mass is 31.0. The minimum atomic E-state index is -0.663. The maximum absolute atomic E-state index is 11.9. The molecule has 0 saturated carbocycles. The molecule has 112 valence electrons. The molecule has 1 fully saturated rings. The zero-order valence-corrected chi connectivity index (χ0v) is 12.4. The van der Waals surface area contributed by atoms with Crippen molar-refractivity contribution in [3.8, 4) is 5.88 Å². The Bertz CT molecular complexity index is 495. The van der Waals surface area contributed by atoms with Gasteiger partial charge in [-0.2, -0.15) is 4.98 Å². The molecule has 7 nitrogen and oxygen atoms in total. The lowest BCUT2D eigenvalue weighted by atomic mass is 10.2. The predicted octanol–water partition coefficient (Wildman–Crippen LogP) is 0.487. The van der Waals surface area contributed by atoms with Gasteiger partial charge in [0.05, 0.1) is 19.3 Å². The third-order valence-electron chi connectivity index (χ3n) is 3.03. The van der Waals surface area contributed by atoms with E-state index in [1.54, 1.807) is 12.3 Å². The van der Waals surface area contributed by atoms with E-state index >= 15 is 0 Å². The zero-order valence-electron chi connectivity index (χ0n) is 11.3. The number of nitrogens with zero attached hydrogens (tertiary/aromatic N) is 2. The minimum absolute atomic E-state index is 0.252. The van der Waals surface area contributed by atoms with Gasteiger partial charge in [-0.05, 0) is 6.42 Å². The Morgan fingerprint density at radius 1 is 1.65 bits per heavy atom. The van der Waals surface area contributed by atoms with Gasteiger partial charge in [-0.3, -0.25) is 4.57 Å². The zero-order chi connectivity index (χ0) is 14.5. The summed E-state index contributed by atoms with van der Waals surface area (Å²) in [6.45, 7) is 2.74. The predicted molar refractivity (Wildman–Crippen MR) is 74.5 cm³/mol. The molecule has 1 unspecified atom stereocenters. The standard InChI is InChI=1S/C12H19N2O5P/c1-2-5-17-10-3-4-14(12(16)13-10)11-6-8(15)9(19-11)7-18-20/h3-4,8-9,11,15H,2,5-7,20H2,1H3/t8-,9-,11-/m1/s1. The molecular formula is C12H19N2O5P.